The Morgan fingerprint density at radius 3 is 3.04 bits per heavy atom. The van der Waals surface area contributed by atoms with Gasteiger partial charge in [0.25, 0.3) is 5.91 Å². The lowest BCUT2D eigenvalue weighted by atomic mass is 9.96. The molecule has 2 aromatic heterocycles. The van der Waals surface area contributed by atoms with Gasteiger partial charge in [0, 0.05) is 31.5 Å². The van der Waals surface area contributed by atoms with Crippen LogP contribution in [0, 0.1) is 0 Å². The van der Waals surface area contributed by atoms with Crippen molar-refractivity contribution in [3.63, 3.8) is 0 Å². The van der Waals surface area contributed by atoms with E-state index in [1.54, 1.807) is 24.5 Å². The topological polar surface area (TPSA) is 68.7 Å². The number of likely N-dealkylation sites (tertiary alicyclic amines) is 1. The molecule has 2 aliphatic rings. The fourth-order valence-corrected chi connectivity index (χ4v) is 3.75. The van der Waals surface area contributed by atoms with Gasteiger partial charge in [-0.15, -0.1) is 0 Å². The molecule has 1 fully saturated rings. The molecule has 0 spiro atoms. The molecular formula is C20H18N2O4. The highest BCUT2D eigenvalue weighted by molar-refractivity contribution is 5.93. The number of hydrogen-bond acceptors (Lipinski definition) is 5. The smallest absolute Gasteiger partial charge is 0.276 e. The van der Waals surface area contributed by atoms with Crippen LogP contribution < -0.4 is 4.74 Å². The van der Waals surface area contributed by atoms with Gasteiger partial charge in [0.2, 0.25) is 5.76 Å². The zero-order valence-corrected chi connectivity index (χ0v) is 14.2. The standard InChI is InChI=1S/C20H18N2O4/c23-20(16-11-19(26-21-16)18-2-1-8-24-18)22-7-5-15(12-22)13-3-4-17-14(10-13)6-9-25-17/h1-4,8,10-11,15H,5-7,9,12H2. The summed E-state index contributed by atoms with van der Waals surface area (Å²) in [6, 6.07) is 11.6. The third-order valence-electron chi connectivity index (χ3n) is 5.15. The van der Waals surface area contributed by atoms with Crippen LogP contribution >= 0.6 is 0 Å². The molecule has 0 saturated carbocycles. The Hall–Kier alpha value is -3.02. The summed E-state index contributed by atoms with van der Waals surface area (Å²) in [6.45, 7) is 2.18. The number of amides is 1. The van der Waals surface area contributed by atoms with Crippen molar-refractivity contribution in [2.45, 2.75) is 18.8 Å². The first-order chi connectivity index (χ1) is 12.8. The number of ether oxygens (including phenoxy) is 1. The molecule has 0 aliphatic carbocycles. The molecular weight excluding hydrogens is 332 g/mol. The highest BCUT2D eigenvalue weighted by Crippen LogP contribution is 2.33. The van der Waals surface area contributed by atoms with E-state index in [0.717, 1.165) is 31.7 Å². The number of carbonyl (C=O) groups excluding carboxylic acids is 1. The zero-order chi connectivity index (χ0) is 17.5. The Morgan fingerprint density at radius 1 is 1.19 bits per heavy atom. The van der Waals surface area contributed by atoms with Crippen LogP contribution in [0.3, 0.4) is 0 Å². The van der Waals surface area contributed by atoms with E-state index in [0.29, 0.717) is 29.7 Å². The second-order valence-electron chi connectivity index (χ2n) is 6.76. The molecule has 0 bridgehead atoms. The Labute approximate surface area is 150 Å². The van der Waals surface area contributed by atoms with Gasteiger partial charge in [-0.05, 0) is 35.7 Å². The first-order valence-corrected chi connectivity index (χ1v) is 8.83. The highest BCUT2D eigenvalue weighted by atomic mass is 16.5. The molecule has 6 heteroatoms. The summed E-state index contributed by atoms with van der Waals surface area (Å²) >= 11 is 0. The minimum atomic E-state index is -0.0986. The molecule has 6 nitrogen and oxygen atoms in total. The lowest BCUT2D eigenvalue weighted by Gasteiger charge is -2.15. The molecule has 0 N–H and O–H groups in total. The minimum Gasteiger partial charge on any atom is -0.493 e. The van der Waals surface area contributed by atoms with Crippen LogP contribution in [-0.4, -0.2) is 35.7 Å². The number of furan rings is 1. The van der Waals surface area contributed by atoms with Crippen molar-refractivity contribution in [1.29, 1.82) is 0 Å². The second-order valence-corrected chi connectivity index (χ2v) is 6.76. The SMILES string of the molecule is O=C(c1cc(-c2ccco2)on1)N1CCC(c2ccc3c(c2)CCO3)C1. The average molecular weight is 350 g/mol. The van der Waals surface area contributed by atoms with Crippen molar-refractivity contribution < 1.29 is 18.5 Å². The Kier molecular flexibility index (Phi) is 3.55. The number of aromatic nitrogens is 1. The molecule has 4 heterocycles. The van der Waals surface area contributed by atoms with Gasteiger partial charge in [0.15, 0.2) is 11.5 Å². The van der Waals surface area contributed by atoms with Crippen LogP contribution in [0.15, 0.2) is 51.6 Å². The van der Waals surface area contributed by atoms with Crippen molar-refractivity contribution in [3.8, 4) is 17.3 Å². The normalized spacial score (nSPS) is 18.8. The number of carbonyl (C=O) groups is 1. The van der Waals surface area contributed by atoms with Gasteiger partial charge in [-0.3, -0.25) is 4.79 Å². The van der Waals surface area contributed by atoms with E-state index in [9.17, 15) is 4.79 Å². The van der Waals surface area contributed by atoms with E-state index in [-0.39, 0.29) is 5.91 Å². The van der Waals surface area contributed by atoms with Crippen LogP contribution in [0.5, 0.6) is 5.75 Å². The fourth-order valence-electron chi connectivity index (χ4n) is 3.75. The third kappa shape index (κ3) is 2.58. The quantitative estimate of drug-likeness (QED) is 0.723. The fraction of sp³-hybridized carbons (Fsp3) is 0.300. The molecule has 26 heavy (non-hydrogen) atoms. The Bertz CT molecular complexity index is 945. The monoisotopic (exact) mass is 350 g/mol. The average Bonchev–Trinajstić information content (AvgIpc) is 3.47. The van der Waals surface area contributed by atoms with Gasteiger partial charge in [-0.1, -0.05) is 17.3 Å². The lowest BCUT2D eigenvalue weighted by molar-refractivity contribution is 0.0780. The van der Waals surface area contributed by atoms with Crippen LogP contribution in [0.1, 0.15) is 34.0 Å². The van der Waals surface area contributed by atoms with Gasteiger partial charge in [-0.2, -0.15) is 0 Å². The first kappa shape index (κ1) is 15.3. The van der Waals surface area contributed by atoms with E-state index in [1.807, 2.05) is 4.90 Å². The maximum absolute atomic E-state index is 12.7. The van der Waals surface area contributed by atoms with E-state index < -0.39 is 0 Å². The second kappa shape index (κ2) is 6.05. The van der Waals surface area contributed by atoms with Crippen molar-refractivity contribution in [3.05, 3.63) is 59.5 Å². The molecule has 132 valence electrons. The number of rotatable bonds is 3. The van der Waals surface area contributed by atoms with Crippen molar-refractivity contribution in [2.75, 3.05) is 19.7 Å². The molecule has 2 aliphatic heterocycles. The van der Waals surface area contributed by atoms with E-state index >= 15 is 0 Å². The highest BCUT2D eigenvalue weighted by Gasteiger charge is 2.30. The van der Waals surface area contributed by atoms with Crippen LogP contribution in [0.4, 0.5) is 0 Å². The van der Waals surface area contributed by atoms with Crippen molar-refractivity contribution in [1.82, 2.24) is 10.1 Å². The summed E-state index contributed by atoms with van der Waals surface area (Å²) in [6.07, 6.45) is 3.48. The molecule has 5 rings (SSSR count). The predicted octanol–water partition coefficient (Wildman–Crippen LogP) is 3.50. The lowest BCUT2D eigenvalue weighted by Crippen LogP contribution is -2.28. The van der Waals surface area contributed by atoms with Crippen LogP contribution in [0.25, 0.3) is 11.5 Å². The summed E-state index contributed by atoms with van der Waals surface area (Å²) in [5.41, 5.74) is 2.87. The van der Waals surface area contributed by atoms with Crippen molar-refractivity contribution >= 4 is 5.91 Å². The minimum absolute atomic E-state index is 0.0986. The van der Waals surface area contributed by atoms with E-state index in [2.05, 4.69) is 23.4 Å². The first-order valence-electron chi connectivity index (χ1n) is 8.83. The Morgan fingerprint density at radius 2 is 2.15 bits per heavy atom. The zero-order valence-electron chi connectivity index (χ0n) is 14.2. The largest absolute Gasteiger partial charge is 0.493 e. The number of fused-ring (bicyclic) bond motifs is 1. The van der Waals surface area contributed by atoms with Gasteiger partial charge in [0.05, 0.1) is 12.9 Å². The molecule has 0 radical (unpaired) electrons. The number of benzene rings is 1. The molecule has 1 saturated heterocycles. The maximum atomic E-state index is 12.7. The summed E-state index contributed by atoms with van der Waals surface area (Å²) in [4.78, 5) is 14.6. The molecule has 1 aromatic carbocycles. The van der Waals surface area contributed by atoms with Crippen molar-refractivity contribution in [2.24, 2.45) is 0 Å². The molecule has 1 amide bonds. The molecule has 1 unspecified atom stereocenters. The number of hydrogen-bond donors (Lipinski definition) is 0. The molecule has 3 aromatic rings. The summed E-state index contributed by atoms with van der Waals surface area (Å²) in [5.74, 6) is 2.27. The van der Waals surface area contributed by atoms with Gasteiger partial charge in [0.1, 0.15) is 5.75 Å². The maximum Gasteiger partial charge on any atom is 0.276 e. The van der Waals surface area contributed by atoms with Crippen LogP contribution in [0.2, 0.25) is 0 Å². The summed E-state index contributed by atoms with van der Waals surface area (Å²) in [5, 5.41) is 3.92. The summed E-state index contributed by atoms with van der Waals surface area (Å²) < 4.78 is 16.1. The van der Waals surface area contributed by atoms with Gasteiger partial charge < -0.3 is 18.6 Å². The van der Waals surface area contributed by atoms with Gasteiger partial charge >= 0.3 is 0 Å². The molecule has 1 atom stereocenters. The van der Waals surface area contributed by atoms with E-state index in [1.165, 1.54) is 11.1 Å². The summed E-state index contributed by atoms with van der Waals surface area (Å²) in [7, 11) is 0. The van der Waals surface area contributed by atoms with E-state index in [4.69, 9.17) is 13.7 Å². The predicted molar refractivity (Wildman–Crippen MR) is 93.1 cm³/mol. The van der Waals surface area contributed by atoms with Crippen LogP contribution in [-0.2, 0) is 6.42 Å². The van der Waals surface area contributed by atoms with Gasteiger partial charge in [-0.25, -0.2) is 0 Å². The number of nitrogens with zero attached hydrogens (tertiary/aromatic N) is 2. The third-order valence-corrected chi connectivity index (χ3v) is 5.15. The Balaban J connectivity index is 1.30.